The van der Waals surface area contributed by atoms with Crippen LogP contribution in [0, 0.1) is 40.9 Å². The molecule has 0 aromatic carbocycles. The molecule has 162 valence electrons. The van der Waals surface area contributed by atoms with Crippen molar-refractivity contribution in [3.8, 4) is 0 Å². The molecule has 0 amide bonds. The van der Waals surface area contributed by atoms with Crippen molar-refractivity contribution in [1.82, 2.24) is 0 Å². The first-order valence-electron chi connectivity index (χ1n) is 12.7. The number of hydrogen-bond acceptors (Lipinski definition) is 1. The molecule has 0 aliphatic heterocycles. The maximum Gasteiger partial charge on any atom is 0.0724 e. The van der Waals surface area contributed by atoms with Crippen LogP contribution >= 0.6 is 0 Å². The van der Waals surface area contributed by atoms with Crippen molar-refractivity contribution < 1.29 is 5.11 Å². The molecule has 7 atom stereocenters. The van der Waals surface area contributed by atoms with Crippen molar-refractivity contribution in [3.05, 3.63) is 11.6 Å². The summed E-state index contributed by atoms with van der Waals surface area (Å²) in [6.45, 7) is 12.2. The van der Waals surface area contributed by atoms with E-state index in [-0.39, 0.29) is 6.10 Å². The average Bonchev–Trinajstić information content (AvgIpc) is 3.05. The highest BCUT2D eigenvalue weighted by Crippen LogP contribution is 2.56. The lowest BCUT2D eigenvalue weighted by atomic mass is 9.59. The Morgan fingerprint density at radius 2 is 1.89 bits per heavy atom. The van der Waals surface area contributed by atoms with Gasteiger partial charge in [-0.25, -0.2) is 0 Å². The normalized spacial score (nSPS) is 39.7. The largest absolute Gasteiger partial charge is 0.389 e. The van der Waals surface area contributed by atoms with E-state index >= 15 is 0 Å². The fourth-order valence-electron chi connectivity index (χ4n) is 7.40. The van der Waals surface area contributed by atoms with Crippen molar-refractivity contribution in [3.63, 3.8) is 0 Å². The van der Waals surface area contributed by atoms with Gasteiger partial charge in [0.25, 0.3) is 0 Å². The summed E-state index contributed by atoms with van der Waals surface area (Å²) in [6, 6.07) is 0. The van der Waals surface area contributed by atoms with Gasteiger partial charge >= 0.3 is 0 Å². The molecule has 28 heavy (non-hydrogen) atoms. The van der Waals surface area contributed by atoms with Gasteiger partial charge in [0.15, 0.2) is 0 Å². The first kappa shape index (κ1) is 22.4. The van der Waals surface area contributed by atoms with E-state index in [1.54, 1.807) is 5.57 Å². The molecular formula is C27H48O. The van der Waals surface area contributed by atoms with E-state index in [0.29, 0.717) is 5.41 Å². The highest BCUT2D eigenvalue weighted by molar-refractivity contribution is 5.22. The molecule has 0 heterocycles. The summed E-state index contributed by atoms with van der Waals surface area (Å²) in [7, 11) is 0. The van der Waals surface area contributed by atoms with E-state index in [1.165, 1.54) is 70.6 Å². The Balaban J connectivity index is 1.64. The summed E-state index contributed by atoms with van der Waals surface area (Å²) in [5, 5.41) is 10.1. The zero-order chi connectivity index (χ0) is 20.3. The van der Waals surface area contributed by atoms with Gasteiger partial charge in [-0.15, -0.1) is 0 Å². The average molecular weight is 389 g/mol. The monoisotopic (exact) mass is 388 g/mol. The molecule has 1 N–H and O–H groups in total. The van der Waals surface area contributed by atoms with Crippen LogP contribution in [0.1, 0.15) is 112 Å². The van der Waals surface area contributed by atoms with E-state index in [4.69, 9.17) is 0 Å². The van der Waals surface area contributed by atoms with E-state index < -0.39 is 0 Å². The Kier molecular flexibility index (Phi) is 7.73. The summed E-state index contributed by atoms with van der Waals surface area (Å²) in [6.07, 6.45) is 18.3. The van der Waals surface area contributed by atoms with Gasteiger partial charge in [0.2, 0.25) is 0 Å². The Morgan fingerprint density at radius 3 is 2.61 bits per heavy atom. The molecule has 7 unspecified atom stereocenters. The van der Waals surface area contributed by atoms with Crippen molar-refractivity contribution in [2.75, 3.05) is 0 Å². The Labute approximate surface area is 175 Å². The summed E-state index contributed by atoms with van der Waals surface area (Å²) in [4.78, 5) is 0. The Morgan fingerprint density at radius 1 is 1.11 bits per heavy atom. The summed E-state index contributed by atoms with van der Waals surface area (Å²) in [5.74, 6) is 5.64. The number of fused-ring (bicyclic) bond motifs is 1. The molecule has 0 aromatic heterocycles. The standard InChI is InChI=1S/C27H48O/c1-6-8-26-24(20(4)10-7-9-19(2)3)13-14-25(26)21-11-12-22-17-23(28)15-16-27(22,5)18-21/h17,19-21,23-26,28H,6-16,18H2,1-5H3. The first-order chi connectivity index (χ1) is 13.3. The third-order valence-corrected chi connectivity index (χ3v) is 8.99. The van der Waals surface area contributed by atoms with Gasteiger partial charge in [0, 0.05) is 0 Å². The second-order valence-electron chi connectivity index (χ2n) is 11.5. The lowest BCUT2D eigenvalue weighted by Gasteiger charge is -2.47. The highest BCUT2D eigenvalue weighted by Gasteiger charge is 2.46. The zero-order valence-corrected chi connectivity index (χ0v) is 19.6. The molecular weight excluding hydrogens is 340 g/mol. The van der Waals surface area contributed by atoms with Crippen LogP contribution < -0.4 is 0 Å². The van der Waals surface area contributed by atoms with Gasteiger partial charge in [0.1, 0.15) is 0 Å². The van der Waals surface area contributed by atoms with Crippen LogP contribution in [0.2, 0.25) is 0 Å². The number of aliphatic hydroxyl groups is 1. The topological polar surface area (TPSA) is 20.2 Å². The molecule has 0 saturated heterocycles. The van der Waals surface area contributed by atoms with Crippen molar-refractivity contribution in [2.45, 2.75) is 118 Å². The number of aliphatic hydroxyl groups excluding tert-OH is 1. The van der Waals surface area contributed by atoms with Crippen LogP contribution in [0.3, 0.4) is 0 Å². The third-order valence-electron chi connectivity index (χ3n) is 8.99. The lowest BCUT2D eigenvalue weighted by Crippen LogP contribution is -2.37. The summed E-state index contributed by atoms with van der Waals surface area (Å²) < 4.78 is 0. The number of allylic oxidation sites excluding steroid dienone is 1. The molecule has 0 spiro atoms. The fraction of sp³-hybridized carbons (Fsp3) is 0.926. The third kappa shape index (κ3) is 5.05. The minimum Gasteiger partial charge on any atom is -0.389 e. The smallest absolute Gasteiger partial charge is 0.0724 e. The SMILES string of the molecule is CCCC1C(C(C)CCCC(C)C)CCC1C1CCC2=CC(O)CCC2(C)C1. The van der Waals surface area contributed by atoms with E-state index in [1.807, 2.05) is 0 Å². The maximum absolute atomic E-state index is 10.1. The molecule has 1 nitrogen and oxygen atoms in total. The van der Waals surface area contributed by atoms with Crippen LogP contribution in [0.5, 0.6) is 0 Å². The fourth-order valence-corrected chi connectivity index (χ4v) is 7.40. The molecule has 0 aromatic rings. The number of hydrogen-bond donors (Lipinski definition) is 1. The molecule has 0 radical (unpaired) electrons. The Hall–Kier alpha value is -0.300. The second-order valence-corrected chi connectivity index (χ2v) is 11.5. The minimum atomic E-state index is -0.171. The van der Waals surface area contributed by atoms with Crippen LogP contribution in [-0.4, -0.2) is 11.2 Å². The Bertz CT molecular complexity index is 520. The quantitative estimate of drug-likeness (QED) is 0.421. The molecule has 3 rings (SSSR count). The van der Waals surface area contributed by atoms with Crippen LogP contribution in [0.15, 0.2) is 11.6 Å². The van der Waals surface area contributed by atoms with Crippen molar-refractivity contribution >= 4 is 0 Å². The second kappa shape index (κ2) is 9.67. The molecule has 2 fully saturated rings. The number of rotatable bonds is 8. The van der Waals surface area contributed by atoms with Gasteiger partial charge in [-0.1, -0.05) is 78.4 Å². The van der Waals surface area contributed by atoms with Crippen molar-refractivity contribution in [2.24, 2.45) is 40.9 Å². The maximum atomic E-state index is 10.1. The summed E-state index contributed by atoms with van der Waals surface area (Å²) in [5.41, 5.74) is 1.98. The molecule has 0 bridgehead atoms. The van der Waals surface area contributed by atoms with Gasteiger partial charge in [-0.2, -0.15) is 0 Å². The van der Waals surface area contributed by atoms with E-state index in [0.717, 1.165) is 41.9 Å². The van der Waals surface area contributed by atoms with E-state index in [2.05, 4.69) is 40.7 Å². The highest BCUT2D eigenvalue weighted by atomic mass is 16.3. The molecule has 3 aliphatic rings. The van der Waals surface area contributed by atoms with Crippen molar-refractivity contribution in [1.29, 1.82) is 0 Å². The predicted molar refractivity (Wildman–Crippen MR) is 121 cm³/mol. The van der Waals surface area contributed by atoms with E-state index in [9.17, 15) is 5.11 Å². The summed E-state index contributed by atoms with van der Waals surface area (Å²) >= 11 is 0. The molecule has 1 heteroatoms. The predicted octanol–water partition coefficient (Wildman–Crippen LogP) is 7.78. The first-order valence-corrected chi connectivity index (χ1v) is 12.7. The van der Waals surface area contributed by atoms with Gasteiger partial charge < -0.3 is 5.11 Å². The molecule has 2 saturated carbocycles. The van der Waals surface area contributed by atoms with Gasteiger partial charge in [-0.3, -0.25) is 0 Å². The van der Waals surface area contributed by atoms with Crippen LogP contribution in [0.25, 0.3) is 0 Å². The zero-order valence-electron chi connectivity index (χ0n) is 19.6. The lowest BCUT2D eigenvalue weighted by molar-refractivity contribution is 0.0891. The van der Waals surface area contributed by atoms with Crippen LogP contribution in [0.4, 0.5) is 0 Å². The van der Waals surface area contributed by atoms with Crippen LogP contribution in [-0.2, 0) is 0 Å². The molecule has 3 aliphatic carbocycles. The van der Waals surface area contributed by atoms with Gasteiger partial charge in [-0.05, 0) is 85.9 Å². The van der Waals surface area contributed by atoms with Gasteiger partial charge in [0.05, 0.1) is 6.10 Å². The minimum absolute atomic E-state index is 0.171.